The molecule has 2 N–H and O–H groups in total. The summed E-state index contributed by atoms with van der Waals surface area (Å²) in [6, 6.07) is 6.82. The van der Waals surface area contributed by atoms with Crippen molar-refractivity contribution >= 4 is 11.7 Å². The molecule has 0 amide bonds. The van der Waals surface area contributed by atoms with E-state index in [4.69, 9.17) is 15.2 Å². The largest absolute Gasteiger partial charge is 0.463 e. The van der Waals surface area contributed by atoms with Gasteiger partial charge in [-0.25, -0.2) is 9.18 Å². The van der Waals surface area contributed by atoms with E-state index in [-0.39, 0.29) is 35.0 Å². The summed E-state index contributed by atoms with van der Waals surface area (Å²) in [6.07, 6.45) is 0. The maximum atomic E-state index is 15.2. The SMILES string of the molecule is CCOC(=O)C1=C(C)OC(N)=C(C#N)C1c1ccc(N2CCN(C)CC2)cc1F. The van der Waals surface area contributed by atoms with Gasteiger partial charge in [0.25, 0.3) is 0 Å². The van der Waals surface area contributed by atoms with Gasteiger partial charge in [-0.05, 0) is 33.0 Å². The first-order valence-electron chi connectivity index (χ1n) is 9.55. The van der Waals surface area contributed by atoms with Crippen LogP contribution < -0.4 is 10.6 Å². The van der Waals surface area contributed by atoms with E-state index in [1.807, 2.05) is 12.1 Å². The molecule has 0 aliphatic carbocycles. The smallest absolute Gasteiger partial charge is 0.338 e. The zero-order valence-corrected chi connectivity index (χ0v) is 16.9. The molecule has 0 bridgehead atoms. The van der Waals surface area contributed by atoms with Crippen molar-refractivity contribution in [2.24, 2.45) is 5.73 Å². The van der Waals surface area contributed by atoms with Gasteiger partial charge >= 0.3 is 5.97 Å². The van der Waals surface area contributed by atoms with Crippen LogP contribution in [-0.2, 0) is 14.3 Å². The molecule has 8 heteroatoms. The number of carbonyl (C=O) groups is 1. The summed E-state index contributed by atoms with van der Waals surface area (Å²) in [5.41, 5.74) is 6.90. The van der Waals surface area contributed by atoms with Crippen molar-refractivity contribution in [3.05, 3.63) is 52.4 Å². The second kappa shape index (κ2) is 8.53. The first-order chi connectivity index (χ1) is 13.9. The van der Waals surface area contributed by atoms with Crippen LogP contribution in [0.15, 0.2) is 41.0 Å². The van der Waals surface area contributed by atoms with E-state index in [2.05, 4.69) is 16.8 Å². The van der Waals surface area contributed by atoms with Crippen molar-refractivity contribution in [2.45, 2.75) is 19.8 Å². The van der Waals surface area contributed by atoms with Crippen molar-refractivity contribution < 1.29 is 18.7 Å². The third-order valence-corrected chi connectivity index (χ3v) is 5.26. The fourth-order valence-electron chi connectivity index (χ4n) is 3.68. The van der Waals surface area contributed by atoms with E-state index in [0.29, 0.717) is 0 Å². The van der Waals surface area contributed by atoms with Gasteiger partial charge in [0, 0.05) is 37.4 Å². The van der Waals surface area contributed by atoms with Gasteiger partial charge < -0.3 is 25.0 Å². The van der Waals surface area contributed by atoms with E-state index >= 15 is 4.39 Å². The van der Waals surface area contributed by atoms with Crippen LogP contribution in [0.1, 0.15) is 25.3 Å². The van der Waals surface area contributed by atoms with Gasteiger partial charge in [-0.2, -0.15) is 5.26 Å². The lowest BCUT2D eigenvalue weighted by atomic mass is 9.82. The van der Waals surface area contributed by atoms with Gasteiger partial charge in [-0.15, -0.1) is 0 Å². The highest BCUT2D eigenvalue weighted by molar-refractivity contribution is 5.92. The molecule has 0 spiro atoms. The third-order valence-electron chi connectivity index (χ3n) is 5.26. The van der Waals surface area contributed by atoms with Crippen molar-refractivity contribution in [3.8, 4) is 6.07 Å². The monoisotopic (exact) mass is 400 g/mol. The van der Waals surface area contributed by atoms with Gasteiger partial charge in [-0.3, -0.25) is 0 Å². The highest BCUT2D eigenvalue weighted by atomic mass is 19.1. The number of nitriles is 1. The molecule has 0 radical (unpaired) electrons. The number of nitrogens with two attached hydrogens (primary N) is 1. The first-order valence-corrected chi connectivity index (χ1v) is 9.55. The molecule has 0 aromatic heterocycles. The number of nitrogens with zero attached hydrogens (tertiary/aromatic N) is 3. The summed E-state index contributed by atoms with van der Waals surface area (Å²) >= 11 is 0. The number of allylic oxidation sites excluding steroid dienone is 2. The highest BCUT2D eigenvalue weighted by Crippen LogP contribution is 2.41. The van der Waals surface area contributed by atoms with Crippen LogP contribution in [0.25, 0.3) is 0 Å². The lowest BCUT2D eigenvalue weighted by Crippen LogP contribution is -2.44. The molecule has 1 aromatic rings. The average molecular weight is 400 g/mol. The number of hydrogen-bond donors (Lipinski definition) is 1. The Bertz CT molecular complexity index is 911. The number of rotatable bonds is 4. The fraction of sp³-hybridized carbons (Fsp3) is 0.429. The van der Waals surface area contributed by atoms with Crippen molar-refractivity contribution in [3.63, 3.8) is 0 Å². The lowest BCUT2D eigenvalue weighted by Gasteiger charge is -2.34. The molecule has 7 nitrogen and oxygen atoms in total. The van der Waals surface area contributed by atoms with Gasteiger partial charge in [0.15, 0.2) is 0 Å². The number of ether oxygens (including phenoxy) is 2. The number of benzene rings is 1. The first kappa shape index (κ1) is 20.7. The summed E-state index contributed by atoms with van der Waals surface area (Å²) in [5, 5.41) is 9.61. The Morgan fingerprint density at radius 2 is 2.07 bits per heavy atom. The summed E-state index contributed by atoms with van der Waals surface area (Å²) < 4.78 is 25.7. The molecule has 29 heavy (non-hydrogen) atoms. The molecule has 1 fully saturated rings. The molecule has 2 aliphatic heterocycles. The third kappa shape index (κ3) is 4.05. The standard InChI is InChI=1S/C21H25FN4O3/c1-4-28-21(27)18-13(2)29-20(24)16(12-23)19(18)15-6-5-14(11-17(15)22)26-9-7-25(3)8-10-26/h5-6,11,19H,4,7-10,24H2,1-3H3. The quantitative estimate of drug-likeness (QED) is 0.775. The van der Waals surface area contributed by atoms with Crippen LogP contribution in [0.2, 0.25) is 0 Å². The van der Waals surface area contributed by atoms with Crippen molar-refractivity contribution in [1.82, 2.24) is 4.90 Å². The van der Waals surface area contributed by atoms with E-state index < -0.39 is 17.7 Å². The Morgan fingerprint density at radius 3 is 2.66 bits per heavy atom. The summed E-state index contributed by atoms with van der Waals surface area (Å²) in [6.45, 7) is 6.77. The van der Waals surface area contributed by atoms with Gasteiger partial charge in [-0.1, -0.05) is 6.07 Å². The lowest BCUT2D eigenvalue weighted by molar-refractivity contribution is -0.139. The van der Waals surface area contributed by atoms with Crippen molar-refractivity contribution in [1.29, 1.82) is 5.26 Å². The van der Waals surface area contributed by atoms with Crippen LogP contribution >= 0.6 is 0 Å². The van der Waals surface area contributed by atoms with Crippen molar-refractivity contribution in [2.75, 3.05) is 44.7 Å². The number of carbonyl (C=O) groups excluding carboxylic acids is 1. The Labute approximate surface area is 169 Å². The van der Waals surface area contributed by atoms with E-state index in [9.17, 15) is 10.1 Å². The Morgan fingerprint density at radius 1 is 1.38 bits per heavy atom. The van der Waals surface area contributed by atoms with E-state index in [0.717, 1.165) is 31.9 Å². The Kier molecular flexibility index (Phi) is 6.09. The highest BCUT2D eigenvalue weighted by Gasteiger charge is 2.37. The van der Waals surface area contributed by atoms with Gasteiger partial charge in [0.1, 0.15) is 23.2 Å². The second-order valence-electron chi connectivity index (χ2n) is 7.11. The average Bonchev–Trinajstić information content (AvgIpc) is 2.68. The molecule has 2 aliphatic rings. The normalized spacial score (nSPS) is 20.4. The van der Waals surface area contributed by atoms with Gasteiger partial charge in [0.05, 0.1) is 18.1 Å². The number of piperazine rings is 1. The summed E-state index contributed by atoms with van der Waals surface area (Å²) in [4.78, 5) is 16.9. The predicted octanol–water partition coefficient (Wildman–Crippen LogP) is 2.22. The minimum absolute atomic E-state index is 0.00935. The number of hydrogen-bond acceptors (Lipinski definition) is 7. The maximum Gasteiger partial charge on any atom is 0.338 e. The van der Waals surface area contributed by atoms with Crippen LogP contribution in [0.3, 0.4) is 0 Å². The zero-order chi connectivity index (χ0) is 21.1. The number of anilines is 1. The van der Waals surface area contributed by atoms with Crippen LogP contribution in [0.5, 0.6) is 0 Å². The molecule has 1 unspecified atom stereocenters. The molecule has 1 atom stereocenters. The second-order valence-corrected chi connectivity index (χ2v) is 7.11. The molecule has 1 aromatic carbocycles. The molecule has 1 saturated heterocycles. The zero-order valence-electron chi connectivity index (χ0n) is 16.9. The number of likely N-dealkylation sites (N-methyl/N-ethyl adjacent to an activating group) is 1. The number of halogens is 1. The van der Waals surface area contributed by atoms with E-state index in [1.165, 1.54) is 6.07 Å². The van der Waals surface area contributed by atoms with Crippen LogP contribution in [-0.4, -0.2) is 50.7 Å². The Hall–Kier alpha value is -3.05. The van der Waals surface area contributed by atoms with Crippen LogP contribution in [0.4, 0.5) is 10.1 Å². The minimum Gasteiger partial charge on any atom is -0.463 e. The number of esters is 1. The molecular weight excluding hydrogens is 375 g/mol. The topological polar surface area (TPSA) is 91.8 Å². The Balaban J connectivity index is 2.02. The van der Waals surface area contributed by atoms with Gasteiger partial charge in [0.2, 0.25) is 5.88 Å². The molecule has 154 valence electrons. The molecule has 3 rings (SSSR count). The minimum atomic E-state index is -0.977. The molecule has 0 saturated carbocycles. The summed E-state index contributed by atoms with van der Waals surface area (Å²) in [7, 11) is 2.05. The maximum absolute atomic E-state index is 15.2. The molecule has 2 heterocycles. The fourth-order valence-corrected chi connectivity index (χ4v) is 3.68. The van der Waals surface area contributed by atoms with Crippen LogP contribution in [0, 0.1) is 17.1 Å². The predicted molar refractivity (Wildman–Crippen MR) is 106 cm³/mol. The van der Waals surface area contributed by atoms with E-state index in [1.54, 1.807) is 19.9 Å². The molecular formula is C21H25FN4O3. The summed E-state index contributed by atoms with van der Waals surface area (Å²) in [5.74, 6) is -2.08.